The van der Waals surface area contributed by atoms with Gasteiger partial charge in [0.1, 0.15) is 17.3 Å². The molecule has 1 amide bonds. The first-order chi connectivity index (χ1) is 16.1. The van der Waals surface area contributed by atoms with E-state index in [-0.39, 0.29) is 12.5 Å². The number of H-pyrrole nitrogens is 1. The van der Waals surface area contributed by atoms with Crippen molar-refractivity contribution >= 4 is 5.91 Å². The van der Waals surface area contributed by atoms with Gasteiger partial charge in [0.25, 0.3) is 0 Å². The number of hydrogen-bond donors (Lipinski definition) is 2. The third-order valence-corrected chi connectivity index (χ3v) is 4.94. The van der Waals surface area contributed by atoms with E-state index in [4.69, 9.17) is 14.0 Å². The highest BCUT2D eigenvalue weighted by Crippen LogP contribution is 2.20. The summed E-state index contributed by atoms with van der Waals surface area (Å²) >= 11 is 0. The van der Waals surface area contributed by atoms with Gasteiger partial charge in [0.05, 0.1) is 20.8 Å². The van der Waals surface area contributed by atoms with Gasteiger partial charge in [0.2, 0.25) is 17.6 Å². The predicted octanol–water partition coefficient (Wildman–Crippen LogP) is 3.18. The molecule has 0 saturated heterocycles. The van der Waals surface area contributed by atoms with E-state index in [1.165, 1.54) is 0 Å². The van der Waals surface area contributed by atoms with Crippen LogP contribution in [0.1, 0.15) is 24.6 Å². The zero-order valence-electron chi connectivity index (χ0n) is 18.4. The molecule has 0 saturated carbocycles. The zero-order valence-corrected chi connectivity index (χ0v) is 18.4. The molecule has 2 heterocycles. The number of carbonyl (C=O) groups is 1. The lowest BCUT2D eigenvalue weighted by molar-refractivity contribution is -0.121. The molecular formula is C23H24N6O4. The highest BCUT2D eigenvalue weighted by atomic mass is 16.5. The minimum Gasteiger partial charge on any atom is -0.497 e. The van der Waals surface area contributed by atoms with Gasteiger partial charge in [-0.15, -0.1) is 0 Å². The van der Waals surface area contributed by atoms with Crippen molar-refractivity contribution in [3.05, 3.63) is 60.2 Å². The monoisotopic (exact) mass is 448 g/mol. The number of aryl methyl sites for hydroxylation is 1. The van der Waals surface area contributed by atoms with Crippen LogP contribution >= 0.6 is 0 Å². The molecule has 0 aliphatic carbocycles. The number of hydrogen-bond acceptors (Lipinski definition) is 8. The summed E-state index contributed by atoms with van der Waals surface area (Å²) in [6.45, 7) is 0.268. The van der Waals surface area contributed by atoms with Gasteiger partial charge in [-0.1, -0.05) is 5.16 Å². The fourth-order valence-corrected chi connectivity index (χ4v) is 3.13. The second-order valence-electron chi connectivity index (χ2n) is 7.20. The number of nitrogens with zero attached hydrogens (tertiary/aromatic N) is 4. The van der Waals surface area contributed by atoms with Crippen molar-refractivity contribution in [3.63, 3.8) is 0 Å². The largest absolute Gasteiger partial charge is 0.497 e. The Hall–Kier alpha value is -4.21. The van der Waals surface area contributed by atoms with Gasteiger partial charge >= 0.3 is 0 Å². The third-order valence-electron chi connectivity index (χ3n) is 4.94. The summed E-state index contributed by atoms with van der Waals surface area (Å²) in [4.78, 5) is 21.0. The molecule has 10 nitrogen and oxygen atoms in total. The van der Waals surface area contributed by atoms with Gasteiger partial charge < -0.3 is 19.3 Å². The molecule has 0 aliphatic rings. The average Bonchev–Trinajstić information content (AvgIpc) is 3.53. The molecule has 0 radical (unpaired) electrons. The Labute approximate surface area is 190 Å². The molecule has 10 heteroatoms. The first-order valence-corrected chi connectivity index (χ1v) is 10.4. The van der Waals surface area contributed by atoms with Crippen molar-refractivity contribution < 1.29 is 18.8 Å². The van der Waals surface area contributed by atoms with Crippen molar-refractivity contribution in [1.29, 1.82) is 0 Å². The smallest absolute Gasteiger partial charge is 0.226 e. The second kappa shape index (κ2) is 10.4. The van der Waals surface area contributed by atoms with Gasteiger partial charge in [-0.05, 0) is 55.0 Å². The Kier molecular flexibility index (Phi) is 6.93. The summed E-state index contributed by atoms with van der Waals surface area (Å²) in [5.41, 5.74) is 1.70. The van der Waals surface area contributed by atoms with Gasteiger partial charge in [0, 0.05) is 24.0 Å². The number of aromatic nitrogens is 5. The van der Waals surface area contributed by atoms with Crippen molar-refractivity contribution in [2.75, 3.05) is 14.2 Å². The summed E-state index contributed by atoms with van der Waals surface area (Å²) in [7, 11) is 3.23. The molecular weight excluding hydrogens is 424 g/mol. The second-order valence-corrected chi connectivity index (χ2v) is 7.20. The SMILES string of the molecule is COc1ccc(-c2n[nH]c(CNC(=O)CCCc3nc(-c4ccc(OC)cc4)no3)n2)cc1. The van der Waals surface area contributed by atoms with E-state index < -0.39 is 0 Å². The lowest BCUT2D eigenvalue weighted by atomic mass is 10.2. The van der Waals surface area contributed by atoms with E-state index in [0.29, 0.717) is 42.6 Å². The van der Waals surface area contributed by atoms with Crippen molar-refractivity contribution in [2.24, 2.45) is 0 Å². The minimum absolute atomic E-state index is 0.0905. The van der Waals surface area contributed by atoms with Crippen LogP contribution in [0.15, 0.2) is 53.1 Å². The fourth-order valence-electron chi connectivity index (χ4n) is 3.13. The van der Waals surface area contributed by atoms with Crippen LogP contribution in [0.5, 0.6) is 11.5 Å². The zero-order chi connectivity index (χ0) is 23.0. The van der Waals surface area contributed by atoms with Crippen molar-refractivity contribution in [2.45, 2.75) is 25.8 Å². The van der Waals surface area contributed by atoms with Crippen LogP contribution < -0.4 is 14.8 Å². The van der Waals surface area contributed by atoms with Crippen LogP contribution in [0.2, 0.25) is 0 Å². The van der Waals surface area contributed by atoms with Crippen LogP contribution in [0, 0.1) is 0 Å². The maximum atomic E-state index is 12.2. The molecule has 170 valence electrons. The van der Waals surface area contributed by atoms with Crippen LogP contribution in [-0.4, -0.2) is 45.4 Å². The molecule has 4 rings (SSSR count). The Bertz CT molecular complexity index is 1180. The van der Waals surface area contributed by atoms with E-state index in [9.17, 15) is 4.79 Å². The lowest BCUT2D eigenvalue weighted by Crippen LogP contribution is -2.23. The van der Waals surface area contributed by atoms with Gasteiger partial charge in [-0.3, -0.25) is 9.89 Å². The molecule has 0 fully saturated rings. The maximum Gasteiger partial charge on any atom is 0.226 e. The Morgan fingerprint density at radius 3 is 2.21 bits per heavy atom. The quantitative estimate of drug-likeness (QED) is 0.379. The number of amides is 1. The number of methoxy groups -OCH3 is 2. The van der Waals surface area contributed by atoms with E-state index in [2.05, 4.69) is 30.6 Å². The van der Waals surface area contributed by atoms with Crippen LogP contribution in [0.4, 0.5) is 0 Å². The molecule has 2 aromatic heterocycles. The summed E-state index contributed by atoms with van der Waals surface area (Å²) in [6.07, 6.45) is 1.43. The lowest BCUT2D eigenvalue weighted by Gasteiger charge is -2.02. The highest BCUT2D eigenvalue weighted by molar-refractivity contribution is 5.75. The topological polar surface area (TPSA) is 128 Å². The van der Waals surface area contributed by atoms with Crippen molar-refractivity contribution in [1.82, 2.24) is 30.6 Å². The molecule has 0 unspecified atom stereocenters. The maximum absolute atomic E-state index is 12.2. The van der Waals surface area contributed by atoms with E-state index in [1.54, 1.807) is 14.2 Å². The summed E-state index contributed by atoms with van der Waals surface area (Å²) in [6, 6.07) is 14.8. The fraction of sp³-hybridized carbons (Fsp3) is 0.261. The highest BCUT2D eigenvalue weighted by Gasteiger charge is 2.11. The number of aromatic amines is 1. The molecule has 33 heavy (non-hydrogen) atoms. The molecule has 0 atom stereocenters. The molecule has 0 aliphatic heterocycles. The summed E-state index contributed by atoms with van der Waals surface area (Å²) < 4.78 is 15.6. The Morgan fingerprint density at radius 1 is 0.939 bits per heavy atom. The molecule has 4 aromatic rings. The summed E-state index contributed by atoms with van der Waals surface area (Å²) in [5.74, 6) is 3.58. The number of carbonyl (C=O) groups excluding carboxylic acids is 1. The van der Waals surface area contributed by atoms with E-state index in [0.717, 1.165) is 22.6 Å². The van der Waals surface area contributed by atoms with E-state index in [1.807, 2.05) is 48.5 Å². The number of rotatable bonds is 10. The first kappa shape index (κ1) is 22.0. The Balaban J connectivity index is 1.21. The Morgan fingerprint density at radius 2 is 1.58 bits per heavy atom. The van der Waals surface area contributed by atoms with Crippen LogP contribution in [-0.2, 0) is 17.8 Å². The van der Waals surface area contributed by atoms with Gasteiger partial charge in [0.15, 0.2) is 5.82 Å². The predicted molar refractivity (Wildman–Crippen MR) is 119 cm³/mol. The number of nitrogens with one attached hydrogen (secondary N) is 2. The molecule has 2 aromatic carbocycles. The number of benzene rings is 2. The number of ether oxygens (including phenoxy) is 2. The van der Waals surface area contributed by atoms with Crippen molar-refractivity contribution in [3.8, 4) is 34.3 Å². The van der Waals surface area contributed by atoms with Gasteiger partial charge in [-0.25, -0.2) is 4.98 Å². The first-order valence-electron chi connectivity index (χ1n) is 10.4. The standard InChI is InChI=1S/C23H24N6O4/c1-31-17-10-6-15(7-11-17)22-25-19(27-28-22)14-24-20(30)4-3-5-21-26-23(29-33-21)16-8-12-18(32-2)13-9-16/h6-13H,3-5,14H2,1-2H3,(H,24,30)(H,25,27,28). The molecule has 0 spiro atoms. The third kappa shape index (κ3) is 5.73. The van der Waals surface area contributed by atoms with Crippen LogP contribution in [0.3, 0.4) is 0 Å². The average molecular weight is 448 g/mol. The normalized spacial score (nSPS) is 10.7. The minimum atomic E-state index is -0.0905. The molecule has 0 bridgehead atoms. The molecule has 2 N–H and O–H groups in total. The summed E-state index contributed by atoms with van der Waals surface area (Å²) in [5, 5.41) is 13.9. The van der Waals surface area contributed by atoms with Gasteiger partial charge in [-0.2, -0.15) is 10.1 Å². The van der Waals surface area contributed by atoms with Crippen LogP contribution in [0.25, 0.3) is 22.8 Å². The van der Waals surface area contributed by atoms with E-state index >= 15 is 0 Å².